The molecule has 166 valence electrons. The van der Waals surface area contributed by atoms with E-state index < -0.39 is 34.4 Å². The molecule has 1 aliphatic rings. The zero-order valence-corrected chi connectivity index (χ0v) is 17.1. The molecule has 7 nitrogen and oxygen atoms in total. The number of benzene rings is 1. The lowest BCUT2D eigenvalue weighted by Crippen LogP contribution is -2.43. The fraction of sp³-hybridized carbons (Fsp3) is 0.200. The Morgan fingerprint density at radius 3 is 2.59 bits per heavy atom. The Hall–Kier alpha value is -3.47. The van der Waals surface area contributed by atoms with Gasteiger partial charge in [0, 0.05) is 12.2 Å². The van der Waals surface area contributed by atoms with Gasteiger partial charge in [0.15, 0.2) is 0 Å². The quantitative estimate of drug-likeness (QED) is 0.572. The first-order valence-corrected chi connectivity index (χ1v) is 9.63. The number of rotatable bonds is 3. The predicted molar refractivity (Wildman–Crippen MR) is 107 cm³/mol. The van der Waals surface area contributed by atoms with E-state index in [0.29, 0.717) is 0 Å². The van der Waals surface area contributed by atoms with Crippen LogP contribution in [0.1, 0.15) is 39.4 Å². The minimum Gasteiger partial charge on any atom is -0.306 e. The van der Waals surface area contributed by atoms with Gasteiger partial charge in [-0.1, -0.05) is 11.6 Å². The highest BCUT2D eigenvalue weighted by Gasteiger charge is 2.37. The molecule has 0 saturated heterocycles. The van der Waals surface area contributed by atoms with Gasteiger partial charge in [0.25, 0.3) is 11.8 Å². The summed E-state index contributed by atoms with van der Waals surface area (Å²) >= 11 is 5.81. The molecule has 0 saturated carbocycles. The predicted octanol–water partition coefficient (Wildman–Crippen LogP) is 4.56. The summed E-state index contributed by atoms with van der Waals surface area (Å²) in [6.07, 6.45) is -2.49. The monoisotopic (exact) mass is 467 g/mol. The average molecular weight is 468 g/mol. The van der Waals surface area contributed by atoms with Crippen molar-refractivity contribution in [2.45, 2.75) is 19.1 Å². The maximum Gasteiger partial charge on any atom is 0.417 e. The number of amides is 2. The normalized spacial score (nSPS) is 16.1. The van der Waals surface area contributed by atoms with Gasteiger partial charge in [0.2, 0.25) is 0 Å². The highest BCUT2D eigenvalue weighted by molar-refractivity contribution is 6.32. The number of pyridine rings is 1. The molecule has 0 spiro atoms. The van der Waals surface area contributed by atoms with Gasteiger partial charge in [0.1, 0.15) is 17.3 Å². The second-order valence-electron chi connectivity index (χ2n) is 7.09. The fourth-order valence-electron chi connectivity index (χ4n) is 3.39. The molecule has 0 fully saturated rings. The largest absolute Gasteiger partial charge is 0.417 e. The van der Waals surface area contributed by atoms with Crippen molar-refractivity contribution in [3.05, 3.63) is 70.4 Å². The Morgan fingerprint density at radius 2 is 1.97 bits per heavy atom. The third-order valence-electron chi connectivity index (χ3n) is 4.89. The van der Waals surface area contributed by atoms with E-state index in [-0.39, 0.29) is 35.3 Å². The lowest BCUT2D eigenvalue weighted by atomic mass is 10.1. The summed E-state index contributed by atoms with van der Waals surface area (Å²) in [4.78, 5) is 30.9. The number of carbonyl (C=O) groups is 2. The highest BCUT2D eigenvalue weighted by atomic mass is 35.5. The smallest absolute Gasteiger partial charge is 0.306 e. The minimum atomic E-state index is -4.63. The third-order valence-corrected chi connectivity index (χ3v) is 5.20. The molecule has 3 heterocycles. The van der Waals surface area contributed by atoms with Crippen LogP contribution in [0.5, 0.6) is 0 Å². The second kappa shape index (κ2) is 7.90. The number of nitrogens with one attached hydrogen (secondary N) is 1. The summed E-state index contributed by atoms with van der Waals surface area (Å²) in [5, 5.41) is 6.02. The molecule has 2 aromatic heterocycles. The molecule has 12 heteroatoms. The van der Waals surface area contributed by atoms with E-state index in [9.17, 15) is 27.2 Å². The standard InChI is InChI=1S/C20H14ClF4N5O2/c1-10-9-29(12-3-4-14(15(21)6-12)20(23,24)25)19(32)17-13(8-27-30(10)17)18(31)28-16-5-2-11(22)7-26-16/h2-8,10H,9H2,1H3,(H,26,28,31)/t10-/m0/s1. The highest BCUT2D eigenvalue weighted by Crippen LogP contribution is 2.37. The van der Waals surface area contributed by atoms with Gasteiger partial charge in [-0.3, -0.25) is 14.3 Å². The van der Waals surface area contributed by atoms with E-state index in [0.717, 1.165) is 30.5 Å². The first-order valence-electron chi connectivity index (χ1n) is 9.25. The lowest BCUT2D eigenvalue weighted by Gasteiger charge is -2.32. The van der Waals surface area contributed by atoms with Gasteiger partial charge >= 0.3 is 6.18 Å². The van der Waals surface area contributed by atoms with Crippen molar-refractivity contribution in [1.82, 2.24) is 14.8 Å². The van der Waals surface area contributed by atoms with Crippen LogP contribution in [-0.2, 0) is 6.18 Å². The zero-order chi connectivity index (χ0) is 23.2. The Labute approximate surface area is 183 Å². The number of hydrogen-bond acceptors (Lipinski definition) is 4. The van der Waals surface area contributed by atoms with E-state index in [1.165, 1.54) is 21.8 Å². The molecule has 1 atom stereocenters. The number of nitrogens with zero attached hydrogens (tertiary/aromatic N) is 4. The van der Waals surface area contributed by atoms with Crippen molar-refractivity contribution in [3.63, 3.8) is 0 Å². The van der Waals surface area contributed by atoms with Crippen LogP contribution >= 0.6 is 11.6 Å². The summed E-state index contributed by atoms with van der Waals surface area (Å²) in [5.41, 5.74) is -0.966. The Kier molecular flexibility index (Phi) is 5.37. The summed E-state index contributed by atoms with van der Waals surface area (Å²) in [5.74, 6) is -1.84. The molecule has 0 radical (unpaired) electrons. The molecular weight excluding hydrogens is 454 g/mol. The van der Waals surface area contributed by atoms with Crippen LogP contribution in [0.3, 0.4) is 0 Å². The molecule has 2 amide bonds. The van der Waals surface area contributed by atoms with Crippen molar-refractivity contribution < 1.29 is 27.2 Å². The van der Waals surface area contributed by atoms with E-state index in [1.807, 2.05) is 0 Å². The molecular formula is C20H14ClF4N5O2. The summed E-state index contributed by atoms with van der Waals surface area (Å²) in [6, 6.07) is 4.99. The van der Waals surface area contributed by atoms with E-state index in [2.05, 4.69) is 15.4 Å². The van der Waals surface area contributed by atoms with Gasteiger partial charge in [0.05, 0.1) is 34.6 Å². The van der Waals surface area contributed by atoms with Crippen LogP contribution in [0.4, 0.5) is 29.1 Å². The van der Waals surface area contributed by atoms with Crippen LogP contribution in [0.2, 0.25) is 5.02 Å². The molecule has 0 bridgehead atoms. The lowest BCUT2D eigenvalue weighted by molar-refractivity contribution is -0.137. The number of halogens is 5. The maximum atomic E-state index is 13.2. The number of fused-ring (bicyclic) bond motifs is 1. The molecule has 1 aromatic carbocycles. The minimum absolute atomic E-state index is 0.0422. The van der Waals surface area contributed by atoms with Gasteiger partial charge in [-0.25, -0.2) is 9.37 Å². The van der Waals surface area contributed by atoms with Gasteiger partial charge in [-0.2, -0.15) is 18.3 Å². The van der Waals surface area contributed by atoms with Gasteiger partial charge in [-0.05, 0) is 37.3 Å². The number of hydrogen-bond donors (Lipinski definition) is 1. The van der Waals surface area contributed by atoms with Crippen LogP contribution in [-0.4, -0.2) is 33.1 Å². The summed E-state index contributed by atoms with van der Waals surface area (Å²) < 4.78 is 53.4. The number of anilines is 2. The SMILES string of the molecule is C[C@H]1CN(c2ccc(C(F)(F)F)c(Cl)c2)C(=O)c2c(C(=O)Nc3ccc(F)cn3)cnn21. The second-order valence-corrected chi connectivity index (χ2v) is 7.50. The summed E-state index contributed by atoms with van der Waals surface area (Å²) in [7, 11) is 0. The maximum absolute atomic E-state index is 13.2. The van der Waals surface area contributed by atoms with E-state index in [1.54, 1.807) is 6.92 Å². The van der Waals surface area contributed by atoms with E-state index in [4.69, 9.17) is 11.6 Å². The van der Waals surface area contributed by atoms with Crippen LogP contribution in [0.15, 0.2) is 42.7 Å². The fourth-order valence-corrected chi connectivity index (χ4v) is 3.67. The average Bonchev–Trinajstić information content (AvgIpc) is 3.17. The number of carbonyl (C=O) groups excluding carboxylic acids is 2. The Morgan fingerprint density at radius 1 is 1.22 bits per heavy atom. The van der Waals surface area contributed by atoms with Gasteiger partial charge < -0.3 is 10.2 Å². The van der Waals surface area contributed by atoms with Crippen LogP contribution in [0, 0.1) is 5.82 Å². The number of alkyl halides is 3. The van der Waals surface area contributed by atoms with E-state index >= 15 is 0 Å². The first-order chi connectivity index (χ1) is 15.1. The third kappa shape index (κ3) is 3.91. The van der Waals surface area contributed by atoms with Crippen molar-refractivity contribution in [2.75, 3.05) is 16.8 Å². The topological polar surface area (TPSA) is 80.1 Å². The first kappa shape index (κ1) is 21.8. The molecule has 0 unspecified atom stereocenters. The van der Waals surface area contributed by atoms with Crippen LogP contribution in [0.25, 0.3) is 0 Å². The van der Waals surface area contributed by atoms with Gasteiger partial charge in [-0.15, -0.1) is 0 Å². The van der Waals surface area contributed by atoms with Crippen molar-refractivity contribution in [3.8, 4) is 0 Å². The van der Waals surface area contributed by atoms with Crippen molar-refractivity contribution >= 4 is 34.9 Å². The van der Waals surface area contributed by atoms with Crippen molar-refractivity contribution in [2.24, 2.45) is 0 Å². The molecule has 3 aromatic rings. The zero-order valence-electron chi connectivity index (χ0n) is 16.3. The molecule has 0 aliphatic carbocycles. The molecule has 32 heavy (non-hydrogen) atoms. The summed E-state index contributed by atoms with van der Waals surface area (Å²) in [6.45, 7) is 1.85. The Balaban J connectivity index is 1.66. The molecule has 4 rings (SSSR count). The molecule has 1 N–H and O–H groups in total. The Bertz CT molecular complexity index is 1210. The number of aromatic nitrogens is 3. The molecule has 1 aliphatic heterocycles. The van der Waals surface area contributed by atoms with Crippen molar-refractivity contribution in [1.29, 1.82) is 0 Å². The van der Waals surface area contributed by atoms with Crippen LogP contribution < -0.4 is 10.2 Å².